The fourth-order valence-corrected chi connectivity index (χ4v) is 3.68. The van der Waals surface area contributed by atoms with E-state index in [1.165, 1.54) is 36.4 Å². The molecule has 0 aromatic heterocycles. The average molecular weight is 416 g/mol. The molecule has 0 aliphatic rings. The Bertz CT molecular complexity index is 942. The molecular formula is C18H19F3N2O4S. The average Bonchev–Trinajstić information content (AvgIpc) is 2.61. The van der Waals surface area contributed by atoms with Gasteiger partial charge in [0.15, 0.2) is 0 Å². The van der Waals surface area contributed by atoms with Gasteiger partial charge in [0.2, 0.25) is 0 Å². The van der Waals surface area contributed by atoms with E-state index in [0.29, 0.717) is 13.1 Å². The first-order valence-corrected chi connectivity index (χ1v) is 9.82. The monoisotopic (exact) mass is 416 g/mol. The number of carbonyl (C=O) groups is 1. The molecule has 0 aliphatic heterocycles. The maximum absolute atomic E-state index is 12.6. The highest BCUT2D eigenvalue weighted by molar-refractivity contribution is 7.92. The van der Waals surface area contributed by atoms with Gasteiger partial charge in [-0.15, -0.1) is 13.2 Å². The summed E-state index contributed by atoms with van der Waals surface area (Å²) in [5.41, 5.74) is 0.295. The molecule has 10 heteroatoms. The van der Waals surface area contributed by atoms with Crippen molar-refractivity contribution in [2.75, 3.05) is 17.8 Å². The molecule has 0 radical (unpaired) electrons. The zero-order valence-electron chi connectivity index (χ0n) is 15.2. The predicted octanol–water partition coefficient (Wildman–Crippen LogP) is 3.87. The Morgan fingerprint density at radius 2 is 1.71 bits per heavy atom. The van der Waals surface area contributed by atoms with Gasteiger partial charge in [0, 0.05) is 24.3 Å². The number of carbonyl (C=O) groups excluding carboxylic acids is 1. The molecule has 0 bridgehead atoms. The first kappa shape index (κ1) is 21.5. The first-order chi connectivity index (χ1) is 13.1. The minimum Gasteiger partial charge on any atom is -0.404 e. The van der Waals surface area contributed by atoms with E-state index in [-0.39, 0.29) is 17.2 Å². The Morgan fingerprint density at radius 1 is 1.07 bits per heavy atom. The molecule has 152 valence electrons. The quantitative estimate of drug-likeness (QED) is 0.744. The molecule has 2 aromatic carbocycles. The van der Waals surface area contributed by atoms with Gasteiger partial charge in [-0.05, 0) is 44.2 Å². The zero-order chi connectivity index (χ0) is 20.9. The Balaban J connectivity index is 2.34. The molecule has 0 spiro atoms. The second-order valence-corrected chi connectivity index (χ2v) is 7.31. The number of anilines is 1. The number of halogens is 3. The molecule has 0 saturated carbocycles. The number of sulfonamides is 1. The summed E-state index contributed by atoms with van der Waals surface area (Å²) in [6.07, 6.45) is -5.04. The van der Waals surface area contributed by atoms with Crippen LogP contribution in [-0.2, 0) is 10.0 Å². The molecular weight excluding hydrogens is 397 g/mol. The Labute approximate surface area is 161 Å². The van der Waals surface area contributed by atoms with Crippen molar-refractivity contribution in [2.24, 2.45) is 0 Å². The van der Waals surface area contributed by atoms with Gasteiger partial charge in [-0.3, -0.25) is 9.52 Å². The molecule has 2 rings (SSSR count). The van der Waals surface area contributed by atoms with Crippen molar-refractivity contribution < 1.29 is 31.1 Å². The van der Waals surface area contributed by atoms with E-state index in [0.717, 1.165) is 12.1 Å². The maximum atomic E-state index is 12.6. The van der Waals surface area contributed by atoms with Crippen LogP contribution >= 0.6 is 0 Å². The van der Waals surface area contributed by atoms with E-state index >= 15 is 0 Å². The molecule has 0 unspecified atom stereocenters. The highest BCUT2D eigenvalue weighted by atomic mass is 32.2. The van der Waals surface area contributed by atoms with Crippen molar-refractivity contribution in [3.05, 3.63) is 54.1 Å². The standard InChI is InChI=1S/C18H19F3N2O4S/c1-3-23(4-2)17(24)13-8-7-9-14(12-13)22-28(25,26)16-11-6-5-10-15(16)27-18(19,20)21/h5-12,22H,3-4H2,1-2H3. The van der Waals surface area contributed by atoms with Crippen LogP contribution < -0.4 is 9.46 Å². The third-order valence-corrected chi connectivity index (χ3v) is 5.20. The van der Waals surface area contributed by atoms with Gasteiger partial charge in [-0.1, -0.05) is 18.2 Å². The smallest absolute Gasteiger partial charge is 0.404 e. The predicted molar refractivity (Wildman–Crippen MR) is 97.6 cm³/mol. The van der Waals surface area contributed by atoms with E-state index in [9.17, 15) is 26.4 Å². The fraction of sp³-hybridized carbons (Fsp3) is 0.278. The van der Waals surface area contributed by atoms with Crippen LogP contribution in [0, 0.1) is 0 Å². The minimum absolute atomic E-state index is 0.0415. The molecule has 2 aromatic rings. The van der Waals surface area contributed by atoms with Crippen molar-refractivity contribution in [1.29, 1.82) is 0 Å². The fourth-order valence-electron chi connectivity index (χ4n) is 2.50. The molecule has 1 N–H and O–H groups in total. The van der Waals surface area contributed by atoms with Crippen LogP contribution in [0.2, 0.25) is 0 Å². The number of nitrogens with zero attached hydrogens (tertiary/aromatic N) is 1. The largest absolute Gasteiger partial charge is 0.573 e. The molecule has 0 fully saturated rings. The number of benzene rings is 2. The summed E-state index contributed by atoms with van der Waals surface area (Å²) in [5, 5.41) is 0. The van der Waals surface area contributed by atoms with Crippen LogP contribution in [0.3, 0.4) is 0 Å². The van der Waals surface area contributed by atoms with Crippen molar-refractivity contribution in [3.8, 4) is 5.75 Å². The molecule has 0 atom stereocenters. The minimum atomic E-state index is -5.04. The van der Waals surface area contributed by atoms with Crippen LogP contribution in [0.1, 0.15) is 24.2 Å². The number of hydrogen-bond acceptors (Lipinski definition) is 4. The lowest BCUT2D eigenvalue weighted by atomic mass is 10.2. The molecule has 6 nitrogen and oxygen atoms in total. The van der Waals surface area contributed by atoms with Crippen LogP contribution in [-0.4, -0.2) is 38.7 Å². The lowest BCUT2D eigenvalue weighted by Gasteiger charge is -2.19. The first-order valence-electron chi connectivity index (χ1n) is 8.34. The second-order valence-electron chi connectivity index (χ2n) is 5.66. The van der Waals surface area contributed by atoms with Crippen molar-refractivity contribution in [3.63, 3.8) is 0 Å². The number of amides is 1. The maximum Gasteiger partial charge on any atom is 0.573 e. The number of alkyl halides is 3. The summed E-state index contributed by atoms with van der Waals surface area (Å²) in [5.74, 6) is -1.13. The normalized spacial score (nSPS) is 11.8. The molecule has 1 amide bonds. The van der Waals surface area contributed by atoms with Crippen molar-refractivity contribution in [1.82, 2.24) is 4.90 Å². The van der Waals surface area contributed by atoms with Crippen LogP contribution in [0.4, 0.5) is 18.9 Å². The van der Waals surface area contributed by atoms with Crippen LogP contribution in [0.5, 0.6) is 5.75 Å². The van der Waals surface area contributed by atoms with E-state index in [4.69, 9.17) is 0 Å². The zero-order valence-corrected chi connectivity index (χ0v) is 16.0. The third-order valence-electron chi connectivity index (χ3n) is 3.78. The Hall–Kier alpha value is -2.75. The van der Waals surface area contributed by atoms with Gasteiger partial charge in [-0.25, -0.2) is 8.42 Å². The van der Waals surface area contributed by atoms with Gasteiger partial charge in [-0.2, -0.15) is 0 Å². The summed E-state index contributed by atoms with van der Waals surface area (Å²) in [7, 11) is -4.39. The highest BCUT2D eigenvalue weighted by Gasteiger charge is 2.34. The third kappa shape index (κ3) is 5.38. The second kappa shape index (κ2) is 8.51. The van der Waals surface area contributed by atoms with Gasteiger partial charge in [0.05, 0.1) is 0 Å². The SMILES string of the molecule is CCN(CC)C(=O)c1cccc(NS(=O)(=O)c2ccccc2OC(F)(F)F)c1. The van der Waals surface area contributed by atoms with E-state index < -0.39 is 27.0 Å². The van der Waals surface area contributed by atoms with Crippen molar-refractivity contribution >= 4 is 21.6 Å². The van der Waals surface area contributed by atoms with E-state index in [2.05, 4.69) is 9.46 Å². The summed E-state index contributed by atoms with van der Waals surface area (Å²) in [6.45, 7) is 4.58. The summed E-state index contributed by atoms with van der Waals surface area (Å²) in [4.78, 5) is 13.3. The lowest BCUT2D eigenvalue weighted by Crippen LogP contribution is -2.30. The molecule has 0 heterocycles. The van der Waals surface area contributed by atoms with Gasteiger partial charge in [0.25, 0.3) is 15.9 Å². The van der Waals surface area contributed by atoms with Crippen LogP contribution in [0.15, 0.2) is 53.4 Å². The lowest BCUT2D eigenvalue weighted by molar-refractivity contribution is -0.275. The summed E-state index contributed by atoms with van der Waals surface area (Å²) < 4.78 is 68.8. The van der Waals surface area contributed by atoms with Gasteiger partial charge >= 0.3 is 6.36 Å². The molecule has 0 saturated heterocycles. The number of rotatable bonds is 7. The molecule has 0 aliphatic carbocycles. The topological polar surface area (TPSA) is 75.7 Å². The summed E-state index contributed by atoms with van der Waals surface area (Å²) in [6, 6.07) is 10.1. The number of nitrogens with one attached hydrogen (secondary N) is 1. The number of ether oxygens (including phenoxy) is 1. The Morgan fingerprint density at radius 3 is 2.32 bits per heavy atom. The van der Waals surface area contributed by atoms with E-state index in [1.54, 1.807) is 4.90 Å². The number of hydrogen-bond donors (Lipinski definition) is 1. The highest BCUT2D eigenvalue weighted by Crippen LogP contribution is 2.30. The van der Waals surface area contributed by atoms with Gasteiger partial charge in [0.1, 0.15) is 10.6 Å². The number of para-hydroxylation sites is 1. The van der Waals surface area contributed by atoms with Crippen molar-refractivity contribution in [2.45, 2.75) is 25.1 Å². The van der Waals surface area contributed by atoms with Gasteiger partial charge < -0.3 is 9.64 Å². The Kier molecular flexibility index (Phi) is 6.55. The van der Waals surface area contributed by atoms with E-state index in [1.807, 2.05) is 13.8 Å². The summed E-state index contributed by atoms with van der Waals surface area (Å²) >= 11 is 0. The van der Waals surface area contributed by atoms with Crippen LogP contribution in [0.25, 0.3) is 0 Å². The molecule has 28 heavy (non-hydrogen) atoms.